The van der Waals surface area contributed by atoms with Crippen LogP contribution in [0.4, 0.5) is 0 Å². The highest BCUT2D eigenvalue weighted by Gasteiger charge is 2.30. The van der Waals surface area contributed by atoms with Crippen LogP contribution in [0.3, 0.4) is 0 Å². The zero-order valence-electron chi connectivity index (χ0n) is 66.1. The third-order valence-electron chi connectivity index (χ3n) is 19.6. The molecule has 3 unspecified atom stereocenters. The van der Waals surface area contributed by atoms with E-state index >= 15 is 0 Å². The summed E-state index contributed by atoms with van der Waals surface area (Å²) in [5.41, 5.74) is 0. The third kappa shape index (κ3) is 74.7. The predicted molar refractivity (Wildman–Crippen MR) is 414 cm³/mol. The van der Waals surface area contributed by atoms with Crippen LogP contribution >= 0.6 is 15.6 Å². The zero-order chi connectivity index (χ0) is 74.1. The number of carbonyl (C=O) groups is 4. The standard InChI is InChI=1S/C82H160O17P2/c1-6-10-13-16-19-22-24-25-26-27-28-29-30-34-37-40-43-47-51-56-61-66-80(85)93-72-78(99-82(87)68-63-58-53-48-44-41-38-35-32-31-33-36-39-42-45-49-54-59-64-75(5)9-4)74-97-101(90,91)95-70-76(83)69-94-100(88,89)96-73-77(71-92-79(84)65-60-55-50-21-18-15-12-8-3)98-81(86)67-62-57-52-46-23-20-17-14-11-7-2/h75-78,83H,6-74H2,1-5H3,(H,88,89)(H,90,91)/t75?,76-,77+,78+/m0/s1. The molecule has 0 bridgehead atoms. The molecule has 0 aromatic heterocycles. The van der Waals surface area contributed by atoms with Crippen molar-refractivity contribution in [1.29, 1.82) is 0 Å². The van der Waals surface area contributed by atoms with E-state index in [1.807, 2.05) is 0 Å². The van der Waals surface area contributed by atoms with Crippen molar-refractivity contribution in [1.82, 2.24) is 0 Å². The first kappa shape index (κ1) is 99.1. The first-order valence-electron chi connectivity index (χ1n) is 42.7. The topological polar surface area (TPSA) is 237 Å². The van der Waals surface area contributed by atoms with E-state index in [1.54, 1.807) is 0 Å². The van der Waals surface area contributed by atoms with Crippen LogP contribution in [-0.2, 0) is 65.4 Å². The number of phosphoric acid groups is 2. The number of aliphatic hydroxyl groups excluding tert-OH is 1. The number of ether oxygens (including phenoxy) is 4. The van der Waals surface area contributed by atoms with Crippen LogP contribution in [0, 0.1) is 5.92 Å². The predicted octanol–water partition coefficient (Wildman–Crippen LogP) is 24.8. The van der Waals surface area contributed by atoms with Gasteiger partial charge in [-0.15, -0.1) is 0 Å². The average Bonchev–Trinajstić information content (AvgIpc) is 1.69. The normalized spacial score (nSPS) is 14.1. The molecule has 0 aliphatic rings. The van der Waals surface area contributed by atoms with Crippen LogP contribution in [0.1, 0.15) is 439 Å². The largest absolute Gasteiger partial charge is 0.472 e. The second-order valence-electron chi connectivity index (χ2n) is 29.8. The van der Waals surface area contributed by atoms with Gasteiger partial charge in [-0.3, -0.25) is 37.3 Å². The van der Waals surface area contributed by atoms with Gasteiger partial charge in [0, 0.05) is 25.7 Å². The van der Waals surface area contributed by atoms with Crippen LogP contribution < -0.4 is 0 Å². The summed E-state index contributed by atoms with van der Waals surface area (Å²) in [6, 6.07) is 0. The number of esters is 4. The molecule has 0 radical (unpaired) electrons. The Labute approximate surface area is 619 Å². The molecule has 0 aromatic rings. The van der Waals surface area contributed by atoms with Gasteiger partial charge in [0.05, 0.1) is 26.4 Å². The van der Waals surface area contributed by atoms with Crippen molar-refractivity contribution in [2.45, 2.75) is 457 Å². The number of unbranched alkanes of at least 4 members (excludes halogenated alkanes) is 53. The lowest BCUT2D eigenvalue weighted by Gasteiger charge is -2.21. The van der Waals surface area contributed by atoms with Crippen molar-refractivity contribution in [2.75, 3.05) is 39.6 Å². The van der Waals surface area contributed by atoms with Crippen LogP contribution in [-0.4, -0.2) is 96.7 Å². The molecule has 0 aromatic carbocycles. The SMILES string of the molecule is CCCCCCCCCCCCCCCCCCCCCCCC(=O)OC[C@H](COP(=O)(O)OC[C@@H](O)COP(=O)(O)OC[C@@H](COC(=O)CCCCCCCCCC)OC(=O)CCCCCCCCCCCC)OC(=O)CCCCCCCCCCCCCCCCCCCCC(C)CC. The van der Waals surface area contributed by atoms with Crippen LogP contribution in [0.15, 0.2) is 0 Å². The highest BCUT2D eigenvalue weighted by molar-refractivity contribution is 7.47. The summed E-state index contributed by atoms with van der Waals surface area (Å²) in [6.45, 7) is 7.35. The zero-order valence-corrected chi connectivity index (χ0v) is 67.8. The summed E-state index contributed by atoms with van der Waals surface area (Å²) >= 11 is 0. The number of hydrogen-bond donors (Lipinski definition) is 3. The lowest BCUT2D eigenvalue weighted by molar-refractivity contribution is -0.161. The van der Waals surface area contributed by atoms with Crippen LogP contribution in [0.25, 0.3) is 0 Å². The number of phosphoric ester groups is 2. The van der Waals surface area contributed by atoms with Crippen molar-refractivity contribution in [3.8, 4) is 0 Å². The summed E-state index contributed by atoms with van der Waals surface area (Å²) in [7, 11) is -9.91. The average molecular weight is 1480 g/mol. The minimum atomic E-state index is -4.96. The van der Waals surface area contributed by atoms with Gasteiger partial charge >= 0.3 is 39.5 Å². The minimum absolute atomic E-state index is 0.107. The highest BCUT2D eigenvalue weighted by atomic mass is 31.2. The van der Waals surface area contributed by atoms with Crippen molar-refractivity contribution >= 4 is 39.5 Å². The molecule has 101 heavy (non-hydrogen) atoms. The van der Waals surface area contributed by atoms with Crippen LogP contribution in [0.2, 0.25) is 0 Å². The van der Waals surface area contributed by atoms with Gasteiger partial charge in [-0.2, -0.15) is 0 Å². The highest BCUT2D eigenvalue weighted by Crippen LogP contribution is 2.45. The molecule has 6 atom stereocenters. The molecule has 0 saturated carbocycles. The molecule has 0 amide bonds. The monoisotopic (exact) mass is 1480 g/mol. The van der Waals surface area contributed by atoms with Gasteiger partial charge in [0.2, 0.25) is 0 Å². The maximum atomic E-state index is 13.1. The van der Waals surface area contributed by atoms with Gasteiger partial charge in [0.15, 0.2) is 12.2 Å². The number of carbonyl (C=O) groups excluding carboxylic acids is 4. The first-order valence-corrected chi connectivity index (χ1v) is 45.7. The van der Waals surface area contributed by atoms with E-state index in [2.05, 4.69) is 34.6 Å². The van der Waals surface area contributed by atoms with Gasteiger partial charge < -0.3 is 33.8 Å². The molecule has 0 aliphatic heterocycles. The van der Waals surface area contributed by atoms with Crippen molar-refractivity contribution in [3.63, 3.8) is 0 Å². The maximum absolute atomic E-state index is 13.1. The Kier molecular flexibility index (Phi) is 73.5. The number of aliphatic hydroxyl groups is 1. The number of hydrogen-bond acceptors (Lipinski definition) is 15. The molecule has 17 nitrogen and oxygen atoms in total. The quantitative estimate of drug-likeness (QED) is 0.0222. The van der Waals surface area contributed by atoms with E-state index < -0.39 is 97.5 Å². The lowest BCUT2D eigenvalue weighted by Crippen LogP contribution is -2.30. The Balaban J connectivity index is 5.14. The summed E-state index contributed by atoms with van der Waals surface area (Å²) < 4.78 is 68.6. The minimum Gasteiger partial charge on any atom is -0.462 e. The summed E-state index contributed by atoms with van der Waals surface area (Å²) in [4.78, 5) is 72.8. The van der Waals surface area contributed by atoms with Crippen molar-refractivity contribution in [2.24, 2.45) is 5.92 Å². The number of rotatable bonds is 82. The molecule has 0 spiro atoms. The molecule has 19 heteroatoms. The van der Waals surface area contributed by atoms with E-state index in [1.165, 1.54) is 257 Å². The Morgan fingerprint density at radius 2 is 0.475 bits per heavy atom. The Morgan fingerprint density at radius 3 is 0.703 bits per heavy atom. The van der Waals surface area contributed by atoms with Crippen molar-refractivity contribution in [3.05, 3.63) is 0 Å². The molecule has 3 N–H and O–H groups in total. The maximum Gasteiger partial charge on any atom is 0.472 e. The Hall–Kier alpha value is -1.94. The summed E-state index contributed by atoms with van der Waals surface area (Å²) in [6.07, 6.45) is 66.9. The van der Waals surface area contributed by atoms with Gasteiger partial charge in [0.25, 0.3) is 0 Å². The second kappa shape index (κ2) is 74.9. The van der Waals surface area contributed by atoms with E-state index in [0.717, 1.165) is 102 Å². The van der Waals surface area contributed by atoms with Gasteiger partial charge in [-0.25, -0.2) is 9.13 Å². The molecular weight excluding hydrogens is 1320 g/mol. The molecule has 0 heterocycles. The van der Waals surface area contributed by atoms with E-state index in [-0.39, 0.29) is 25.7 Å². The molecule has 0 rings (SSSR count). The van der Waals surface area contributed by atoms with Crippen LogP contribution in [0.5, 0.6) is 0 Å². The fourth-order valence-corrected chi connectivity index (χ4v) is 14.3. The fourth-order valence-electron chi connectivity index (χ4n) is 12.7. The Morgan fingerprint density at radius 1 is 0.277 bits per heavy atom. The van der Waals surface area contributed by atoms with Gasteiger partial charge in [-0.05, 0) is 31.6 Å². The third-order valence-corrected chi connectivity index (χ3v) is 21.5. The smallest absolute Gasteiger partial charge is 0.462 e. The van der Waals surface area contributed by atoms with E-state index in [9.17, 15) is 43.2 Å². The summed E-state index contributed by atoms with van der Waals surface area (Å²) in [5, 5.41) is 10.6. The molecular formula is C82H160O17P2. The second-order valence-corrected chi connectivity index (χ2v) is 32.7. The lowest BCUT2D eigenvalue weighted by atomic mass is 9.99. The molecule has 0 aliphatic carbocycles. The van der Waals surface area contributed by atoms with E-state index in [4.69, 9.17) is 37.0 Å². The first-order chi connectivity index (χ1) is 49.1. The van der Waals surface area contributed by atoms with Gasteiger partial charge in [-0.1, -0.05) is 388 Å². The molecule has 0 fully saturated rings. The van der Waals surface area contributed by atoms with E-state index in [0.29, 0.717) is 25.7 Å². The molecule has 0 saturated heterocycles. The Bertz CT molecular complexity index is 1930. The van der Waals surface area contributed by atoms with Crippen molar-refractivity contribution < 1.29 is 80.2 Å². The summed E-state index contributed by atoms with van der Waals surface area (Å²) in [5.74, 6) is -1.24. The molecule has 600 valence electrons. The van der Waals surface area contributed by atoms with Gasteiger partial charge in [0.1, 0.15) is 19.3 Å². The fraction of sp³-hybridized carbons (Fsp3) is 0.951.